The lowest BCUT2D eigenvalue weighted by Gasteiger charge is -2.23. The van der Waals surface area contributed by atoms with Crippen LogP contribution in [0.1, 0.15) is 40.5 Å². The summed E-state index contributed by atoms with van der Waals surface area (Å²) in [6.07, 6.45) is -0.779. The van der Waals surface area contributed by atoms with Gasteiger partial charge in [-0.2, -0.15) is 0 Å². The van der Waals surface area contributed by atoms with Crippen molar-refractivity contribution < 1.29 is 33.9 Å². The average molecular weight is 350 g/mol. The van der Waals surface area contributed by atoms with Crippen molar-refractivity contribution in [1.29, 1.82) is 0 Å². The minimum atomic E-state index is -1.41. The van der Waals surface area contributed by atoms with Crippen LogP contribution in [-0.4, -0.2) is 51.3 Å². The van der Waals surface area contributed by atoms with Crippen molar-refractivity contribution in [3.8, 4) is 0 Å². The van der Waals surface area contributed by atoms with Crippen molar-refractivity contribution in [2.75, 3.05) is 6.61 Å². The van der Waals surface area contributed by atoms with Crippen molar-refractivity contribution in [1.82, 2.24) is 4.90 Å². The number of ether oxygens (including phenoxy) is 1. The first kappa shape index (κ1) is 18.0. The molecule has 2 rings (SSSR count). The van der Waals surface area contributed by atoms with Crippen LogP contribution < -0.4 is 0 Å². The number of hydrogen-bond donors (Lipinski definition) is 1. The van der Waals surface area contributed by atoms with Crippen LogP contribution in [0.25, 0.3) is 0 Å². The van der Waals surface area contributed by atoms with Gasteiger partial charge in [-0.3, -0.25) is 29.4 Å². The van der Waals surface area contributed by atoms with Gasteiger partial charge in [0.1, 0.15) is 6.04 Å². The van der Waals surface area contributed by atoms with Gasteiger partial charge < -0.3 is 9.84 Å². The van der Waals surface area contributed by atoms with Crippen LogP contribution in [0.3, 0.4) is 0 Å². The minimum absolute atomic E-state index is 0.0168. The highest BCUT2D eigenvalue weighted by Gasteiger charge is 2.44. The number of non-ortho nitro benzene ring substituents is 1. The lowest BCUT2D eigenvalue weighted by molar-refractivity contribution is -0.384. The number of carboxylic acids is 1. The van der Waals surface area contributed by atoms with Gasteiger partial charge in [-0.05, 0) is 19.4 Å². The second kappa shape index (κ2) is 7.07. The van der Waals surface area contributed by atoms with E-state index in [9.17, 15) is 29.3 Å². The fourth-order valence-electron chi connectivity index (χ4n) is 2.50. The zero-order valence-corrected chi connectivity index (χ0v) is 13.1. The number of benzene rings is 1. The number of carbonyl (C=O) groups excluding carboxylic acids is 3. The van der Waals surface area contributed by atoms with Crippen LogP contribution in [0.2, 0.25) is 0 Å². The number of nitro benzene ring substituents is 1. The molecular weight excluding hydrogens is 336 g/mol. The Hall–Kier alpha value is -3.30. The van der Waals surface area contributed by atoms with Crippen molar-refractivity contribution >= 4 is 29.4 Å². The SMILES string of the molecule is CCOC(=O)C(CCC(=O)O)N1C(=O)c2ccc([N+](=O)[O-])cc2C1=O. The molecule has 0 fully saturated rings. The third-order valence-electron chi connectivity index (χ3n) is 3.61. The van der Waals surface area contributed by atoms with Gasteiger partial charge in [0.05, 0.1) is 22.7 Å². The molecule has 1 atom stereocenters. The topological polar surface area (TPSA) is 144 Å². The number of fused-ring (bicyclic) bond motifs is 1. The van der Waals surface area contributed by atoms with Crippen LogP contribution in [-0.2, 0) is 14.3 Å². The fraction of sp³-hybridized carbons (Fsp3) is 0.333. The molecule has 0 bridgehead atoms. The van der Waals surface area contributed by atoms with Crippen molar-refractivity contribution in [2.24, 2.45) is 0 Å². The average Bonchev–Trinajstić information content (AvgIpc) is 2.79. The largest absolute Gasteiger partial charge is 0.481 e. The maximum atomic E-state index is 12.5. The third-order valence-corrected chi connectivity index (χ3v) is 3.61. The highest BCUT2D eigenvalue weighted by Crippen LogP contribution is 2.29. The number of aliphatic carboxylic acids is 1. The normalized spacial score (nSPS) is 14.2. The van der Waals surface area contributed by atoms with E-state index in [1.54, 1.807) is 0 Å². The summed E-state index contributed by atoms with van der Waals surface area (Å²) >= 11 is 0. The molecule has 0 saturated heterocycles. The molecule has 10 nitrogen and oxygen atoms in total. The molecule has 0 aliphatic carbocycles. The first-order valence-electron chi connectivity index (χ1n) is 7.32. The number of esters is 1. The molecule has 0 radical (unpaired) electrons. The molecule has 10 heteroatoms. The highest BCUT2D eigenvalue weighted by atomic mass is 16.6. The smallest absolute Gasteiger partial charge is 0.329 e. The Bertz CT molecular complexity index is 773. The van der Waals surface area contributed by atoms with Gasteiger partial charge in [0.25, 0.3) is 17.5 Å². The van der Waals surface area contributed by atoms with E-state index in [2.05, 4.69) is 0 Å². The number of nitrogens with zero attached hydrogens (tertiary/aromatic N) is 2. The Morgan fingerprint density at radius 2 is 1.92 bits per heavy atom. The predicted molar refractivity (Wildman–Crippen MR) is 80.9 cm³/mol. The summed E-state index contributed by atoms with van der Waals surface area (Å²) in [7, 11) is 0. The van der Waals surface area contributed by atoms with E-state index in [1.165, 1.54) is 6.92 Å². The number of nitro groups is 1. The van der Waals surface area contributed by atoms with Gasteiger partial charge in [0, 0.05) is 18.6 Å². The van der Waals surface area contributed by atoms with Gasteiger partial charge in [0.15, 0.2) is 0 Å². The van der Waals surface area contributed by atoms with Crippen molar-refractivity contribution in [3.05, 3.63) is 39.4 Å². The Morgan fingerprint density at radius 3 is 2.48 bits per heavy atom. The molecule has 1 aromatic rings. The number of hydrogen-bond acceptors (Lipinski definition) is 7. The molecule has 1 aliphatic heterocycles. The zero-order chi connectivity index (χ0) is 18.7. The second-order valence-corrected chi connectivity index (χ2v) is 5.17. The molecule has 0 aromatic heterocycles. The number of carbonyl (C=O) groups is 4. The van der Waals surface area contributed by atoms with Gasteiger partial charge in [-0.25, -0.2) is 4.79 Å². The summed E-state index contributed by atoms with van der Waals surface area (Å²) in [4.78, 5) is 58.6. The maximum absolute atomic E-state index is 12.5. The second-order valence-electron chi connectivity index (χ2n) is 5.17. The number of carboxylic acid groups (broad SMARTS) is 1. The molecule has 1 aliphatic rings. The van der Waals surface area contributed by atoms with E-state index in [0.29, 0.717) is 4.90 Å². The van der Waals surface area contributed by atoms with Gasteiger partial charge in [-0.15, -0.1) is 0 Å². The summed E-state index contributed by atoms with van der Waals surface area (Å²) in [6.45, 7) is 1.51. The van der Waals surface area contributed by atoms with Crippen molar-refractivity contribution in [3.63, 3.8) is 0 Å². The Balaban J connectivity index is 2.39. The van der Waals surface area contributed by atoms with E-state index in [-0.39, 0.29) is 29.8 Å². The van der Waals surface area contributed by atoms with Gasteiger partial charge in [-0.1, -0.05) is 0 Å². The number of amides is 2. The van der Waals surface area contributed by atoms with E-state index in [1.807, 2.05) is 0 Å². The van der Waals surface area contributed by atoms with E-state index < -0.39 is 41.1 Å². The van der Waals surface area contributed by atoms with Crippen molar-refractivity contribution in [2.45, 2.75) is 25.8 Å². The maximum Gasteiger partial charge on any atom is 0.329 e. The molecule has 1 heterocycles. The molecule has 2 amide bonds. The quantitative estimate of drug-likeness (QED) is 0.332. The first-order valence-corrected chi connectivity index (χ1v) is 7.32. The molecular formula is C15H14N2O8. The zero-order valence-electron chi connectivity index (χ0n) is 13.1. The summed E-state index contributed by atoms with van der Waals surface area (Å²) < 4.78 is 4.82. The summed E-state index contributed by atoms with van der Waals surface area (Å²) in [6, 6.07) is 1.74. The van der Waals surface area contributed by atoms with Gasteiger partial charge in [0.2, 0.25) is 0 Å². The minimum Gasteiger partial charge on any atom is -0.481 e. The van der Waals surface area contributed by atoms with E-state index in [4.69, 9.17) is 9.84 Å². The van der Waals surface area contributed by atoms with E-state index >= 15 is 0 Å². The highest BCUT2D eigenvalue weighted by molar-refractivity contribution is 6.23. The molecule has 1 N–H and O–H groups in total. The van der Waals surface area contributed by atoms with Crippen LogP contribution in [0, 0.1) is 10.1 Å². The van der Waals surface area contributed by atoms with E-state index in [0.717, 1.165) is 18.2 Å². The summed E-state index contributed by atoms with van der Waals surface area (Å²) in [5.41, 5.74) is -0.663. The molecule has 0 spiro atoms. The molecule has 1 aromatic carbocycles. The number of rotatable bonds is 7. The molecule has 1 unspecified atom stereocenters. The van der Waals surface area contributed by atoms with Crippen LogP contribution in [0.5, 0.6) is 0 Å². The lowest BCUT2D eigenvalue weighted by Crippen LogP contribution is -2.46. The summed E-state index contributed by atoms with van der Waals surface area (Å²) in [5, 5.41) is 19.6. The standard InChI is InChI=1S/C15H14N2O8/c1-2-25-15(22)11(5-6-12(18)19)16-13(20)9-4-3-8(17(23)24)7-10(9)14(16)21/h3-4,7,11H,2,5-6H2,1H3,(H,18,19). The van der Waals surface area contributed by atoms with Crippen LogP contribution in [0.4, 0.5) is 5.69 Å². The molecule has 132 valence electrons. The Morgan fingerprint density at radius 1 is 1.28 bits per heavy atom. The fourth-order valence-corrected chi connectivity index (χ4v) is 2.50. The lowest BCUT2D eigenvalue weighted by atomic mass is 10.1. The summed E-state index contributed by atoms with van der Waals surface area (Å²) in [5.74, 6) is -3.83. The monoisotopic (exact) mass is 350 g/mol. The Kier molecular flexibility index (Phi) is 5.11. The Labute approximate surface area is 141 Å². The first-order chi connectivity index (χ1) is 11.8. The predicted octanol–water partition coefficient (Wildman–Crippen LogP) is 0.987. The third kappa shape index (κ3) is 3.47. The number of imide groups is 1. The van der Waals surface area contributed by atoms with Crippen LogP contribution in [0.15, 0.2) is 18.2 Å². The van der Waals surface area contributed by atoms with Gasteiger partial charge >= 0.3 is 11.9 Å². The molecule has 0 saturated carbocycles. The van der Waals surface area contributed by atoms with Crippen LogP contribution >= 0.6 is 0 Å². The molecule has 25 heavy (non-hydrogen) atoms.